The van der Waals surface area contributed by atoms with E-state index in [1.807, 2.05) is 0 Å². The van der Waals surface area contributed by atoms with Crippen LogP contribution in [0.15, 0.2) is 91.0 Å². The van der Waals surface area contributed by atoms with E-state index in [1.165, 1.54) is 16.7 Å². The van der Waals surface area contributed by atoms with Crippen LogP contribution in [0.5, 0.6) is 0 Å². The zero-order chi connectivity index (χ0) is 17.4. The summed E-state index contributed by atoms with van der Waals surface area (Å²) in [5.41, 5.74) is 3.78. The van der Waals surface area contributed by atoms with Crippen LogP contribution < -0.4 is 5.32 Å². The first kappa shape index (κ1) is 17.7. The Hall–Kier alpha value is -2.09. The second-order valence-corrected chi connectivity index (χ2v) is 6.57. The Kier molecular flexibility index (Phi) is 6.27. The van der Waals surface area contributed by atoms with E-state index in [9.17, 15) is 0 Å². The smallest absolute Gasteiger partial charge is 0.0463 e. The van der Waals surface area contributed by atoms with Crippen molar-refractivity contribution in [3.63, 3.8) is 0 Å². The molecule has 0 fully saturated rings. The van der Waals surface area contributed by atoms with E-state index in [1.54, 1.807) is 0 Å². The lowest BCUT2D eigenvalue weighted by Gasteiger charge is -2.36. The molecule has 0 bridgehead atoms. The van der Waals surface area contributed by atoms with Crippen molar-refractivity contribution < 1.29 is 0 Å². The van der Waals surface area contributed by atoms with Crippen LogP contribution in [-0.4, -0.2) is 19.0 Å². The molecule has 3 aromatic rings. The minimum absolute atomic E-state index is 0.177. The number of hydrogen-bond acceptors (Lipinski definition) is 1. The first-order valence-electron chi connectivity index (χ1n) is 8.81. The zero-order valence-corrected chi connectivity index (χ0v) is 15.1. The van der Waals surface area contributed by atoms with Gasteiger partial charge in [-0.25, -0.2) is 0 Å². The fourth-order valence-corrected chi connectivity index (χ4v) is 3.70. The number of hydrogen-bond donors (Lipinski definition) is 1. The molecule has 0 spiro atoms. The Bertz CT molecular complexity index is 644. The van der Waals surface area contributed by atoms with Gasteiger partial charge in [0, 0.05) is 17.8 Å². The summed E-state index contributed by atoms with van der Waals surface area (Å²) < 4.78 is 0. The summed E-state index contributed by atoms with van der Waals surface area (Å²) in [6.45, 7) is 1.74. The number of rotatable bonds is 8. The van der Waals surface area contributed by atoms with E-state index >= 15 is 0 Å². The maximum Gasteiger partial charge on any atom is 0.0463 e. The maximum atomic E-state index is 5.84. The van der Waals surface area contributed by atoms with Gasteiger partial charge in [-0.1, -0.05) is 91.0 Å². The summed E-state index contributed by atoms with van der Waals surface area (Å²) in [7, 11) is 0. The zero-order valence-electron chi connectivity index (χ0n) is 14.4. The highest BCUT2D eigenvalue weighted by Gasteiger charge is 2.35. The molecule has 0 aliphatic carbocycles. The third-order valence-corrected chi connectivity index (χ3v) is 4.94. The van der Waals surface area contributed by atoms with Crippen LogP contribution in [-0.2, 0) is 5.41 Å². The van der Waals surface area contributed by atoms with Crippen molar-refractivity contribution in [2.24, 2.45) is 0 Å². The number of alkyl halides is 1. The van der Waals surface area contributed by atoms with Crippen molar-refractivity contribution in [3.8, 4) is 0 Å². The van der Waals surface area contributed by atoms with Gasteiger partial charge in [-0.2, -0.15) is 0 Å². The van der Waals surface area contributed by atoms with Crippen LogP contribution in [0.2, 0.25) is 0 Å². The molecule has 3 rings (SSSR count). The molecule has 0 aliphatic rings. The van der Waals surface area contributed by atoms with Crippen molar-refractivity contribution in [2.45, 2.75) is 11.8 Å². The third-order valence-electron chi connectivity index (χ3n) is 4.75. The molecule has 1 N–H and O–H groups in total. The summed E-state index contributed by atoms with van der Waals surface area (Å²) in [5, 5.41) is 3.47. The predicted octanol–water partition coefficient (Wildman–Crippen LogP) is 5.24. The molecular formula is C23H24ClN. The molecule has 0 heterocycles. The Morgan fingerprint density at radius 1 is 0.600 bits per heavy atom. The fraction of sp³-hybridized carbons (Fsp3) is 0.217. The van der Waals surface area contributed by atoms with Gasteiger partial charge in [0.05, 0.1) is 0 Å². The SMILES string of the molecule is ClCCNCCC(c1ccccc1)(c1ccccc1)c1ccccc1. The van der Waals surface area contributed by atoms with Crippen molar-refractivity contribution >= 4 is 11.6 Å². The average molecular weight is 350 g/mol. The lowest BCUT2D eigenvalue weighted by atomic mass is 9.67. The first-order chi connectivity index (χ1) is 12.4. The molecule has 3 aromatic carbocycles. The van der Waals surface area contributed by atoms with E-state index in [0.29, 0.717) is 5.88 Å². The minimum atomic E-state index is -0.177. The highest BCUT2D eigenvalue weighted by Crippen LogP contribution is 2.41. The molecule has 0 aliphatic heterocycles. The maximum absolute atomic E-state index is 5.84. The van der Waals surface area contributed by atoms with Crippen molar-refractivity contribution in [3.05, 3.63) is 108 Å². The standard InChI is InChI=1S/C23H24ClN/c24-17-19-25-18-16-23(20-10-4-1-5-11-20,21-12-6-2-7-13-21)22-14-8-3-9-15-22/h1-15,25H,16-19H2. The highest BCUT2D eigenvalue weighted by atomic mass is 35.5. The Balaban J connectivity index is 2.13. The summed E-state index contributed by atoms with van der Waals surface area (Å²) in [6.07, 6.45) is 0.974. The summed E-state index contributed by atoms with van der Waals surface area (Å²) in [4.78, 5) is 0. The van der Waals surface area contributed by atoms with Gasteiger partial charge >= 0.3 is 0 Å². The Morgan fingerprint density at radius 2 is 1.00 bits per heavy atom. The predicted molar refractivity (Wildman–Crippen MR) is 107 cm³/mol. The second kappa shape index (κ2) is 8.84. The van der Waals surface area contributed by atoms with Gasteiger partial charge in [0.15, 0.2) is 0 Å². The van der Waals surface area contributed by atoms with Crippen LogP contribution in [0.4, 0.5) is 0 Å². The monoisotopic (exact) mass is 349 g/mol. The molecule has 128 valence electrons. The van der Waals surface area contributed by atoms with E-state index in [4.69, 9.17) is 11.6 Å². The molecule has 0 saturated carbocycles. The summed E-state index contributed by atoms with van der Waals surface area (Å²) in [6, 6.07) is 32.4. The van der Waals surface area contributed by atoms with E-state index < -0.39 is 0 Å². The molecule has 0 radical (unpaired) electrons. The van der Waals surface area contributed by atoms with Crippen LogP contribution >= 0.6 is 11.6 Å². The van der Waals surface area contributed by atoms with Gasteiger partial charge in [-0.15, -0.1) is 11.6 Å². The van der Waals surface area contributed by atoms with Gasteiger partial charge in [-0.3, -0.25) is 0 Å². The molecule has 2 heteroatoms. The minimum Gasteiger partial charge on any atom is -0.315 e. The molecule has 0 atom stereocenters. The fourth-order valence-electron chi connectivity index (χ4n) is 3.57. The van der Waals surface area contributed by atoms with Gasteiger partial charge in [-0.05, 0) is 29.7 Å². The third kappa shape index (κ3) is 3.95. The molecule has 0 aromatic heterocycles. The molecule has 25 heavy (non-hydrogen) atoms. The van der Waals surface area contributed by atoms with E-state index in [0.717, 1.165) is 19.5 Å². The molecular weight excluding hydrogens is 326 g/mol. The Morgan fingerprint density at radius 3 is 1.36 bits per heavy atom. The van der Waals surface area contributed by atoms with Crippen molar-refractivity contribution in [2.75, 3.05) is 19.0 Å². The summed E-state index contributed by atoms with van der Waals surface area (Å²) in [5.74, 6) is 0.634. The van der Waals surface area contributed by atoms with Crippen LogP contribution in [0.25, 0.3) is 0 Å². The van der Waals surface area contributed by atoms with Gasteiger partial charge in [0.1, 0.15) is 0 Å². The Labute approximate surface area is 155 Å². The van der Waals surface area contributed by atoms with Crippen molar-refractivity contribution in [1.29, 1.82) is 0 Å². The van der Waals surface area contributed by atoms with Gasteiger partial charge in [0.2, 0.25) is 0 Å². The molecule has 0 amide bonds. The molecule has 0 saturated heterocycles. The summed E-state index contributed by atoms with van der Waals surface area (Å²) >= 11 is 5.84. The largest absolute Gasteiger partial charge is 0.315 e. The highest BCUT2D eigenvalue weighted by molar-refractivity contribution is 6.18. The van der Waals surface area contributed by atoms with Crippen LogP contribution in [0, 0.1) is 0 Å². The topological polar surface area (TPSA) is 12.0 Å². The van der Waals surface area contributed by atoms with Gasteiger partial charge in [0.25, 0.3) is 0 Å². The molecule has 1 nitrogen and oxygen atoms in total. The van der Waals surface area contributed by atoms with Crippen LogP contribution in [0.1, 0.15) is 23.1 Å². The lowest BCUT2D eigenvalue weighted by Crippen LogP contribution is -2.34. The average Bonchev–Trinajstić information content (AvgIpc) is 2.70. The quantitative estimate of drug-likeness (QED) is 0.333. The number of benzene rings is 3. The van der Waals surface area contributed by atoms with Crippen LogP contribution in [0.3, 0.4) is 0 Å². The normalized spacial score (nSPS) is 11.4. The second-order valence-electron chi connectivity index (χ2n) is 6.19. The molecule has 0 unspecified atom stereocenters. The lowest BCUT2D eigenvalue weighted by molar-refractivity contribution is 0.527. The van der Waals surface area contributed by atoms with E-state index in [2.05, 4.69) is 96.3 Å². The number of nitrogens with one attached hydrogen (secondary N) is 1. The van der Waals surface area contributed by atoms with E-state index in [-0.39, 0.29) is 5.41 Å². The number of halogens is 1. The van der Waals surface area contributed by atoms with Gasteiger partial charge < -0.3 is 5.32 Å². The first-order valence-corrected chi connectivity index (χ1v) is 9.34. The van der Waals surface area contributed by atoms with Crippen molar-refractivity contribution in [1.82, 2.24) is 5.32 Å².